The van der Waals surface area contributed by atoms with Crippen LogP contribution in [0, 0.1) is 6.92 Å². The maximum Gasteiger partial charge on any atom is 0.369 e. The molecule has 3 aliphatic rings. The molecule has 5 heterocycles. The Labute approximate surface area is 261 Å². The summed E-state index contributed by atoms with van der Waals surface area (Å²) in [5.41, 5.74) is 12.2. The molecule has 3 aliphatic heterocycles. The Bertz CT molecular complexity index is 1610. The first-order chi connectivity index (χ1) is 20.9. The summed E-state index contributed by atoms with van der Waals surface area (Å²) >= 11 is 1.19. The molecule has 234 valence electrons. The molecule has 2 aromatic heterocycles. The number of fused-ring (bicyclic) bond motifs is 1. The molecule has 2 aromatic rings. The van der Waals surface area contributed by atoms with Gasteiger partial charge >= 0.3 is 17.2 Å². The Balaban J connectivity index is 1.44. The van der Waals surface area contributed by atoms with Crippen LogP contribution in [0.15, 0.2) is 46.0 Å². The normalized spacial score (nSPS) is 21.5. The summed E-state index contributed by atoms with van der Waals surface area (Å²) in [4.78, 5) is 46.9. The molecule has 10 nitrogen and oxygen atoms in total. The number of nitrogens with one attached hydrogen (secondary N) is 3. The molecule has 0 aromatic carbocycles. The van der Waals surface area contributed by atoms with E-state index in [1.807, 2.05) is 26.0 Å². The first-order valence-corrected chi connectivity index (χ1v) is 15.8. The molecule has 0 spiro atoms. The zero-order valence-corrected chi connectivity index (χ0v) is 26.5. The molecule has 44 heavy (non-hydrogen) atoms. The van der Waals surface area contributed by atoms with Gasteiger partial charge in [-0.1, -0.05) is 18.2 Å². The van der Waals surface area contributed by atoms with Crippen LogP contribution >= 0.6 is 11.8 Å². The van der Waals surface area contributed by atoms with Crippen molar-refractivity contribution in [2.45, 2.75) is 90.2 Å². The highest BCUT2D eigenvalue weighted by molar-refractivity contribution is 8.14. The fourth-order valence-corrected chi connectivity index (χ4v) is 7.49. The number of aromatic nitrogens is 2. The number of aromatic amines is 2. The molecule has 0 amide bonds. The number of carbonyl (C=O) groups is 3. The van der Waals surface area contributed by atoms with Crippen molar-refractivity contribution >= 4 is 34.7 Å². The van der Waals surface area contributed by atoms with E-state index in [0.717, 1.165) is 61.9 Å². The molecule has 3 unspecified atom stereocenters. The number of ether oxygens (including phenoxy) is 1. The molecule has 0 radical (unpaired) electrons. The molecule has 5 N–H and O–H groups in total. The van der Waals surface area contributed by atoms with Crippen LogP contribution in [0.2, 0.25) is 0 Å². The Kier molecular flexibility index (Phi) is 9.36. The van der Waals surface area contributed by atoms with Crippen molar-refractivity contribution < 1.29 is 29.3 Å². The molecule has 0 aliphatic carbocycles. The summed E-state index contributed by atoms with van der Waals surface area (Å²) in [6, 6.07) is 2.01. The van der Waals surface area contributed by atoms with E-state index in [-0.39, 0.29) is 29.4 Å². The minimum absolute atomic E-state index is 0.00146. The van der Waals surface area contributed by atoms with Gasteiger partial charge in [-0.15, -0.1) is 0 Å². The molecular weight excluding hydrogens is 580 g/mol. The number of aliphatic imine (C=N–C) groups is 1. The van der Waals surface area contributed by atoms with Crippen molar-refractivity contribution in [2.75, 3.05) is 6.54 Å². The largest absolute Gasteiger partial charge is 0.481 e. The van der Waals surface area contributed by atoms with Crippen molar-refractivity contribution in [1.29, 1.82) is 0 Å². The van der Waals surface area contributed by atoms with Gasteiger partial charge in [0.2, 0.25) is 0 Å². The SMILES string of the molecule is C=CC1=C(C)CN=C1Cc1[nH]c(Cc2[nH]c(CC3NC4OC(=O)SC(C)C4=C3C)cc2CCC(=O)O)c(CCC(=O)O)c1C. The zero-order chi connectivity index (χ0) is 31.7. The van der Waals surface area contributed by atoms with E-state index >= 15 is 0 Å². The van der Waals surface area contributed by atoms with Gasteiger partial charge in [-0.05, 0) is 91.8 Å². The Morgan fingerprint density at radius 2 is 1.82 bits per heavy atom. The number of carbonyl (C=O) groups excluding carboxylic acids is 1. The Morgan fingerprint density at radius 3 is 2.52 bits per heavy atom. The van der Waals surface area contributed by atoms with Gasteiger partial charge in [0, 0.05) is 71.9 Å². The number of nitrogens with zero attached hydrogens (tertiary/aromatic N) is 1. The lowest BCUT2D eigenvalue weighted by molar-refractivity contribution is -0.138. The van der Waals surface area contributed by atoms with E-state index in [4.69, 9.17) is 9.73 Å². The highest BCUT2D eigenvalue weighted by Gasteiger charge is 2.40. The summed E-state index contributed by atoms with van der Waals surface area (Å²) in [6.07, 6.45) is 3.87. The monoisotopic (exact) mass is 620 g/mol. The van der Waals surface area contributed by atoms with E-state index in [1.54, 1.807) is 0 Å². The van der Waals surface area contributed by atoms with E-state index in [1.165, 1.54) is 17.3 Å². The highest BCUT2D eigenvalue weighted by atomic mass is 32.2. The summed E-state index contributed by atoms with van der Waals surface area (Å²) in [5.74, 6) is -1.73. The third-order valence-corrected chi connectivity index (χ3v) is 9.85. The van der Waals surface area contributed by atoms with Crippen molar-refractivity contribution in [2.24, 2.45) is 4.99 Å². The first kappa shape index (κ1) is 31.6. The smallest absolute Gasteiger partial charge is 0.369 e. The predicted octanol–water partition coefficient (Wildman–Crippen LogP) is 5.20. The zero-order valence-electron chi connectivity index (χ0n) is 25.6. The van der Waals surface area contributed by atoms with Crippen LogP contribution in [0.3, 0.4) is 0 Å². The van der Waals surface area contributed by atoms with Crippen LogP contribution in [-0.2, 0) is 46.4 Å². The number of hydrogen-bond donors (Lipinski definition) is 5. The van der Waals surface area contributed by atoms with Crippen molar-refractivity contribution in [3.8, 4) is 0 Å². The second-order valence-electron chi connectivity index (χ2n) is 11.9. The Hall–Kier alpha value is -3.83. The van der Waals surface area contributed by atoms with Crippen molar-refractivity contribution in [3.05, 3.63) is 80.5 Å². The Morgan fingerprint density at radius 1 is 1.09 bits per heavy atom. The first-order valence-electron chi connectivity index (χ1n) is 15.0. The summed E-state index contributed by atoms with van der Waals surface area (Å²) in [6.45, 7) is 12.8. The van der Waals surface area contributed by atoms with Crippen molar-refractivity contribution in [1.82, 2.24) is 15.3 Å². The predicted molar refractivity (Wildman–Crippen MR) is 171 cm³/mol. The van der Waals surface area contributed by atoms with Gasteiger partial charge in [-0.25, -0.2) is 4.79 Å². The van der Waals surface area contributed by atoms with Gasteiger partial charge in [-0.2, -0.15) is 0 Å². The fraction of sp³-hybridized carbons (Fsp3) is 0.455. The van der Waals surface area contributed by atoms with E-state index in [0.29, 0.717) is 38.6 Å². The quantitative estimate of drug-likeness (QED) is 0.151. The van der Waals surface area contributed by atoms with Gasteiger partial charge in [0.25, 0.3) is 0 Å². The minimum atomic E-state index is -0.868. The van der Waals surface area contributed by atoms with Crippen LogP contribution in [-0.4, -0.2) is 67.2 Å². The summed E-state index contributed by atoms with van der Waals surface area (Å²) in [7, 11) is 0. The minimum Gasteiger partial charge on any atom is -0.481 e. The number of carboxylic acids is 2. The topological polar surface area (TPSA) is 157 Å². The number of hydrogen-bond acceptors (Lipinski definition) is 7. The maximum atomic E-state index is 12.0. The van der Waals surface area contributed by atoms with Crippen LogP contribution in [0.5, 0.6) is 0 Å². The van der Waals surface area contributed by atoms with Gasteiger partial charge in [-0.3, -0.25) is 19.9 Å². The second-order valence-corrected chi connectivity index (χ2v) is 13.1. The van der Waals surface area contributed by atoms with E-state index in [9.17, 15) is 24.6 Å². The second kappa shape index (κ2) is 13.0. The van der Waals surface area contributed by atoms with Gasteiger partial charge in [0.05, 0.1) is 6.54 Å². The number of allylic oxidation sites excluding steroid dienone is 2. The lowest BCUT2D eigenvalue weighted by atomic mass is 9.98. The third kappa shape index (κ3) is 6.63. The molecule has 1 saturated heterocycles. The van der Waals surface area contributed by atoms with Gasteiger partial charge in [0.1, 0.15) is 0 Å². The van der Waals surface area contributed by atoms with Crippen LogP contribution in [0.4, 0.5) is 4.79 Å². The number of carboxylic acid groups (broad SMARTS) is 2. The van der Waals surface area contributed by atoms with Crippen LogP contribution in [0.25, 0.3) is 0 Å². The van der Waals surface area contributed by atoms with E-state index < -0.39 is 18.2 Å². The average Bonchev–Trinajstić information content (AvgIpc) is 3.67. The van der Waals surface area contributed by atoms with Crippen LogP contribution < -0.4 is 5.32 Å². The fourth-order valence-electron chi connectivity index (χ4n) is 6.62. The number of aryl methyl sites for hydroxylation is 1. The third-order valence-electron chi connectivity index (χ3n) is 8.96. The van der Waals surface area contributed by atoms with Gasteiger partial charge in [0.15, 0.2) is 6.23 Å². The number of thioether (sulfide) groups is 1. The molecule has 0 saturated carbocycles. The van der Waals surface area contributed by atoms with Crippen LogP contribution in [0.1, 0.15) is 73.1 Å². The standard InChI is InChI=1S/C33H40N4O6S/c1-6-22-16(2)15-34-27(22)13-25-17(3)23(8-10-30(40)41)28(36-25)14-26-20(7-9-29(38)39)11-21(35-26)12-24-18(4)31-19(5)44-33(42)43-32(31)37-24/h6,11,19,24,32,35-37H,1,7-10,12-15H2,2-5H3,(H,38,39)(H,40,41). The molecule has 1 fully saturated rings. The highest BCUT2D eigenvalue weighted by Crippen LogP contribution is 2.38. The number of rotatable bonds is 13. The van der Waals surface area contributed by atoms with E-state index in [2.05, 4.69) is 35.7 Å². The summed E-state index contributed by atoms with van der Waals surface area (Å²) < 4.78 is 5.54. The van der Waals surface area contributed by atoms with Crippen molar-refractivity contribution in [3.63, 3.8) is 0 Å². The van der Waals surface area contributed by atoms with Gasteiger partial charge < -0.3 is 24.9 Å². The molecular formula is C33H40N4O6S. The maximum absolute atomic E-state index is 12.0. The average molecular weight is 621 g/mol. The number of H-pyrrole nitrogens is 2. The molecule has 0 bridgehead atoms. The summed E-state index contributed by atoms with van der Waals surface area (Å²) in [5, 5.41) is 22.1. The lowest BCUT2D eigenvalue weighted by Crippen LogP contribution is -2.40. The lowest BCUT2D eigenvalue weighted by Gasteiger charge is -2.26. The molecule has 3 atom stereocenters. The molecule has 11 heteroatoms. The number of aliphatic carboxylic acids is 2. The molecule has 5 rings (SSSR count).